The molecule has 0 bridgehead atoms. The highest BCUT2D eigenvalue weighted by Gasteiger charge is 2.24. The van der Waals surface area contributed by atoms with Crippen molar-refractivity contribution in [2.75, 3.05) is 31.1 Å². The third-order valence-corrected chi connectivity index (χ3v) is 5.37. The van der Waals surface area contributed by atoms with Crippen molar-refractivity contribution < 1.29 is 4.79 Å². The molecule has 0 aliphatic carbocycles. The van der Waals surface area contributed by atoms with Crippen molar-refractivity contribution in [3.8, 4) is 0 Å². The van der Waals surface area contributed by atoms with Crippen LogP contribution in [0, 0.1) is 0 Å². The van der Waals surface area contributed by atoms with Gasteiger partial charge in [-0.15, -0.1) is 0 Å². The number of amides is 1. The second-order valence-electron chi connectivity index (χ2n) is 6.23. The highest BCUT2D eigenvalue weighted by Crippen LogP contribution is 2.30. The van der Waals surface area contributed by atoms with Crippen molar-refractivity contribution >= 4 is 50.3 Å². The highest BCUT2D eigenvalue weighted by atomic mass is 79.9. The number of carbonyl (C=O) groups excluding carboxylic acids is 1. The minimum absolute atomic E-state index is 0.148. The van der Waals surface area contributed by atoms with Crippen LogP contribution in [0.4, 0.5) is 5.82 Å². The SMILES string of the molecule is O=C(Cc1cccc(Br)c1)N1CCN(c2ncnc3[nH]cc(Cl)c23)CC1. The van der Waals surface area contributed by atoms with E-state index in [1.807, 2.05) is 29.2 Å². The summed E-state index contributed by atoms with van der Waals surface area (Å²) >= 11 is 9.72. The molecule has 1 saturated heterocycles. The van der Waals surface area contributed by atoms with Crippen LogP contribution in [-0.2, 0) is 11.2 Å². The van der Waals surface area contributed by atoms with Gasteiger partial charge in [-0.3, -0.25) is 4.79 Å². The molecule has 1 N–H and O–H groups in total. The fourth-order valence-electron chi connectivity index (χ4n) is 3.25. The number of hydrogen-bond donors (Lipinski definition) is 1. The van der Waals surface area contributed by atoms with E-state index in [2.05, 4.69) is 35.8 Å². The second kappa shape index (κ2) is 7.25. The third kappa shape index (κ3) is 3.41. The van der Waals surface area contributed by atoms with E-state index in [1.165, 1.54) is 6.33 Å². The molecule has 0 atom stereocenters. The summed E-state index contributed by atoms with van der Waals surface area (Å²) in [6.45, 7) is 2.77. The van der Waals surface area contributed by atoms with E-state index in [1.54, 1.807) is 6.20 Å². The summed E-state index contributed by atoms with van der Waals surface area (Å²) in [5, 5.41) is 1.45. The lowest BCUT2D eigenvalue weighted by molar-refractivity contribution is -0.130. The number of fused-ring (bicyclic) bond motifs is 1. The Balaban J connectivity index is 1.44. The van der Waals surface area contributed by atoms with Crippen molar-refractivity contribution in [2.24, 2.45) is 0 Å². The Morgan fingerprint density at radius 2 is 2.04 bits per heavy atom. The lowest BCUT2D eigenvalue weighted by atomic mass is 10.1. The van der Waals surface area contributed by atoms with Gasteiger partial charge >= 0.3 is 0 Å². The molecule has 0 saturated carbocycles. The molecule has 3 heterocycles. The number of aromatic amines is 1. The maximum Gasteiger partial charge on any atom is 0.227 e. The normalized spacial score (nSPS) is 14.8. The number of piperazine rings is 1. The molecule has 0 spiro atoms. The van der Waals surface area contributed by atoms with Gasteiger partial charge in [0.25, 0.3) is 0 Å². The molecule has 0 radical (unpaired) electrons. The summed E-state index contributed by atoms with van der Waals surface area (Å²) in [4.78, 5) is 28.3. The quantitative estimate of drug-likeness (QED) is 0.687. The second-order valence-corrected chi connectivity index (χ2v) is 7.55. The molecular weight excluding hydrogens is 418 g/mol. The van der Waals surface area contributed by atoms with Gasteiger partial charge < -0.3 is 14.8 Å². The number of aromatic nitrogens is 3. The largest absolute Gasteiger partial charge is 0.352 e. The molecular formula is C18H17BrClN5O. The zero-order valence-corrected chi connectivity index (χ0v) is 16.3. The molecule has 1 fully saturated rings. The molecule has 1 aliphatic heterocycles. The molecule has 1 amide bonds. The van der Waals surface area contributed by atoms with Crippen molar-refractivity contribution in [3.05, 3.63) is 51.8 Å². The van der Waals surface area contributed by atoms with E-state index in [4.69, 9.17) is 11.6 Å². The molecule has 3 aromatic rings. The van der Waals surface area contributed by atoms with Crippen LogP contribution < -0.4 is 4.90 Å². The fraction of sp³-hybridized carbons (Fsp3) is 0.278. The lowest BCUT2D eigenvalue weighted by Crippen LogP contribution is -2.49. The molecule has 1 aromatic carbocycles. The van der Waals surface area contributed by atoms with Gasteiger partial charge in [-0.2, -0.15) is 0 Å². The minimum Gasteiger partial charge on any atom is -0.352 e. The number of H-pyrrole nitrogens is 1. The first kappa shape index (κ1) is 17.3. The van der Waals surface area contributed by atoms with Crippen molar-refractivity contribution in [2.45, 2.75) is 6.42 Å². The smallest absolute Gasteiger partial charge is 0.227 e. The molecule has 6 nitrogen and oxygen atoms in total. The first-order chi connectivity index (χ1) is 12.6. The van der Waals surface area contributed by atoms with Crippen LogP contribution in [0.2, 0.25) is 5.02 Å². The maximum absolute atomic E-state index is 12.6. The summed E-state index contributed by atoms with van der Waals surface area (Å²) in [5.41, 5.74) is 1.75. The Morgan fingerprint density at radius 1 is 1.23 bits per heavy atom. The van der Waals surface area contributed by atoms with Crippen LogP contribution in [0.3, 0.4) is 0 Å². The summed E-state index contributed by atoms with van der Waals surface area (Å²) in [6.07, 6.45) is 3.68. The lowest BCUT2D eigenvalue weighted by Gasteiger charge is -2.35. The Labute approximate surface area is 164 Å². The number of halogens is 2. The number of anilines is 1. The monoisotopic (exact) mass is 433 g/mol. The van der Waals surface area contributed by atoms with Gasteiger partial charge in [0.2, 0.25) is 5.91 Å². The highest BCUT2D eigenvalue weighted by molar-refractivity contribution is 9.10. The van der Waals surface area contributed by atoms with Crippen molar-refractivity contribution in [1.29, 1.82) is 0 Å². The molecule has 4 rings (SSSR count). The van der Waals surface area contributed by atoms with Gasteiger partial charge in [-0.25, -0.2) is 9.97 Å². The van der Waals surface area contributed by atoms with Gasteiger partial charge in [0.05, 0.1) is 16.8 Å². The molecule has 134 valence electrons. The van der Waals surface area contributed by atoms with E-state index in [-0.39, 0.29) is 5.91 Å². The molecule has 8 heteroatoms. The first-order valence-corrected chi connectivity index (χ1v) is 9.53. The van der Waals surface area contributed by atoms with E-state index in [9.17, 15) is 4.79 Å². The predicted octanol–water partition coefficient (Wildman–Crippen LogP) is 3.27. The minimum atomic E-state index is 0.148. The van der Waals surface area contributed by atoms with Gasteiger partial charge in [-0.1, -0.05) is 39.7 Å². The van der Waals surface area contributed by atoms with Crippen LogP contribution in [0.25, 0.3) is 11.0 Å². The summed E-state index contributed by atoms with van der Waals surface area (Å²) in [7, 11) is 0. The molecule has 26 heavy (non-hydrogen) atoms. The number of benzene rings is 1. The van der Waals surface area contributed by atoms with E-state index in [0.29, 0.717) is 24.5 Å². The number of nitrogens with zero attached hydrogens (tertiary/aromatic N) is 4. The summed E-state index contributed by atoms with van der Waals surface area (Å²) in [5.74, 6) is 0.968. The number of carbonyl (C=O) groups is 1. The predicted molar refractivity (Wildman–Crippen MR) is 106 cm³/mol. The molecule has 2 aromatic heterocycles. The van der Waals surface area contributed by atoms with Gasteiger partial charge in [0, 0.05) is 36.8 Å². The number of rotatable bonds is 3. The van der Waals surface area contributed by atoms with E-state index >= 15 is 0 Å². The fourth-order valence-corrected chi connectivity index (χ4v) is 3.93. The van der Waals surface area contributed by atoms with Crippen molar-refractivity contribution in [1.82, 2.24) is 19.9 Å². The average molecular weight is 435 g/mol. The van der Waals surface area contributed by atoms with Crippen LogP contribution in [0.5, 0.6) is 0 Å². The summed E-state index contributed by atoms with van der Waals surface area (Å²) < 4.78 is 0.990. The standard InChI is InChI=1S/C18H17BrClN5O/c19-13-3-1-2-12(8-13)9-15(26)24-4-6-25(7-5-24)18-16-14(20)10-21-17(16)22-11-23-18/h1-3,8,10-11H,4-7,9H2,(H,21,22,23). The first-order valence-electron chi connectivity index (χ1n) is 8.36. The maximum atomic E-state index is 12.6. The topological polar surface area (TPSA) is 65.1 Å². The van der Waals surface area contributed by atoms with E-state index < -0.39 is 0 Å². The Morgan fingerprint density at radius 3 is 2.81 bits per heavy atom. The molecule has 1 aliphatic rings. The van der Waals surface area contributed by atoms with Crippen LogP contribution in [-0.4, -0.2) is 51.9 Å². The van der Waals surface area contributed by atoms with Crippen LogP contribution in [0.1, 0.15) is 5.56 Å². The number of nitrogens with one attached hydrogen (secondary N) is 1. The van der Waals surface area contributed by atoms with Gasteiger partial charge in [-0.05, 0) is 17.7 Å². The third-order valence-electron chi connectivity index (χ3n) is 4.58. The average Bonchev–Trinajstić information content (AvgIpc) is 3.03. The molecule has 0 unspecified atom stereocenters. The number of hydrogen-bond acceptors (Lipinski definition) is 4. The Hall–Kier alpha value is -2.12. The Bertz CT molecular complexity index is 952. The van der Waals surface area contributed by atoms with E-state index in [0.717, 1.165) is 40.0 Å². The summed E-state index contributed by atoms with van der Waals surface area (Å²) in [6, 6.07) is 7.87. The Kier molecular flexibility index (Phi) is 4.82. The zero-order valence-electron chi connectivity index (χ0n) is 14.0. The zero-order chi connectivity index (χ0) is 18.1. The van der Waals surface area contributed by atoms with Gasteiger partial charge in [0.1, 0.15) is 17.8 Å². The van der Waals surface area contributed by atoms with Crippen LogP contribution >= 0.6 is 27.5 Å². The van der Waals surface area contributed by atoms with Crippen LogP contribution in [0.15, 0.2) is 41.3 Å². The van der Waals surface area contributed by atoms with Gasteiger partial charge in [0.15, 0.2) is 0 Å². The van der Waals surface area contributed by atoms with Crippen molar-refractivity contribution in [3.63, 3.8) is 0 Å².